The number of esters is 1. The second-order valence-corrected chi connectivity index (χ2v) is 8.20. The van der Waals surface area contributed by atoms with Gasteiger partial charge in [0.1, 0.15) is 5.41 Å². The Balaban J connectivity index is 1.59. The SMILES string of the molecule is CCOC(=O)C(CCCCCC(=O)NOC(=O)c1ccccc1)(c1ccccc1)c1ccccc1. The minimum atomic E-state index is -0.925. The molecule has 3 aromatic carbocycles. The van der Waals surface area contributed by atoms with Gasteiger partial charge in [-0.2, -0.15) is 5.48 Å². The monoisotopic (exact) mass is 473 g/mol. The molecule has 3 rings (SSSR count). The Kier molecular flexibility index (Phi) is 9.60. The van der Waals surface area contributed by atoms with Gasteiger partial charge in [-0.15, -0.1) is 0 Å². The first kappa shape index (κ1) is 25.7. The molecule has 35 heavy (non-hydrogen) atoms. The molecule has 3 aromatic rings. The van der Waals surface area contributed by atoms with Crippen molar-refractivity contribution in [3.05, 3.63) is 108 Å². The molecule has 1 amide bonds. The molecular formula is C29H31NO5. The number of unbranched alkanes of at least 4 members (excludes halogenated alkanes) is 2. The van der Waals surface area contributed by atoms with Crippen molar-refractivity contribution in [1.29, 1.82) is 0 Å². The number of ether oxygens (including phenoxy) is 1. The fourth-order valence-electron chi connectivity index (χ4n) is 4.13. The maximum atomic E-state index is 13.4. The van der Waals surface area contributed by atoms with Gasteiger partial charge in [0.25, 0.3) is 5.91 Å². The van der Waals surface area contributed by atoms with Gasteiger partial charge < -0.3 is 9.57 Å². The summed E-state index contributed by atoms with van der Waals surface area (Å²) in [4.78, 5) is 42.3. The van der Waals surface area contributed by atoms with Gasteiger partial charge in [0.05, 0.1) is 12.2 Å². The highest BCUT2D eigenvalue weighted by atomic mass is 16.7. The molecule has 0 aliphatic rings. The molecule has 0 aliphatic heterocycles. The predicted molar refractivity (Wildman–Crippen MR) is 133 cm³/mol. The first-order valence-electron chi connectivity index (χ1n) is 11.9. The van der Waals surface area contributed by atoms with Crippen molar-refractivity contribution < 1.29 is 24.0 Å². The van der Waals surface area contributed by atoms with Gasteiger partial charge in [-0.05, 0) is 43.0 Å². The summed E-state index contributed by atoms with van der Waals surface area (Å²) in [6, 6.07) is 27.8. The van der Waals surface area contributed by atoms with Crippen LogP contribution in [0.4, 0.5) is 0 Å². The third kappa shape index (κ3) is 6.79. The van der Waals surface area contributed by atoms with Gasteiger partial charge in [-0.3, -0.25) is 9.59 Å². The van der Waals surface area contributed by atoms with Crippen molar-refractivity contribution in [2.24, 2.45) is 0 Å². The Hall–Kier alpha value is -3.93. The largest absolute Gasteiger partial charge is 0.465 e. The summed E-state index contributed by atoms with van der Waals surface area (Å²) in [6.45, 7) is 2.10. The van der Waals surface area contributed by atoms with Crippen LogP contribution in [0.2, 0.25) is 0 Å². The summed E-state index contributed by atoms with van der Waals surface area (Å²) in [5.41, 5.74) is 3.42. The van der Waals surface area contributed by atoms with Crippen molar-refractivity contribution in [2.45, 2.75) is 44.4 Å². The predicted octanol–water partition coefficient (Wildman–Crippen LogP) is 5.37. The highest BCUT2D eigenvalue weighted by molar-refractivity contribution is 5.90. The summed E-state index contributed by atoms with van der Waals surface area (Å²) < 4.78 is 5.55. The van der Waals surface area contributed by atoms with Crippen LogP contribution in [0, 0.1) is 0 Å². The molecule has 0 unspecified atom stereocenters. The Labute approximate surface area is 206 Å². The Bertz CT molecular complexity index is 1040. The van der Waals surface area contributed by atoms with E-state index in [1.54, 1.807) is 30.3 Å². The summed E-state index contributed by atoms with van der Waals surface area (Å²) in [6.07, 6.45) is 2.79. The maximum absolute atomic E-state index is 13.4. The van der Waals surface area contributed by atoms with E-state index in [0.717, 1.165) is 17.5 Å². The third-order valence-corrected chi connectivity index (χ3v) is 5.88. The normalized spacial score (nSPS) is 10.9. The Morgan fingerprint density at radius 1 is 0.743 bits per heavy atom. The Morgan fingerprint density at radius 2 is 1.29 bits per heavy atom. The van der Waals surface area contributed by atoms with E-state index in [4.69, 9.17) is 9.57 Å². The molecule has 0 spiro atoms. The number of carbonyl (C=O) groups is 3. The molecule has 0 aromatic heterocycles. The first-order chi connectivity index (χ1) is 17.1. The quantitative estimate of drug-likeness (QED) is 0.230. The zero-order valence-electron chi connectivity index (χ0n) is 19.9. The van der Waals surface area contributed by atoms with Crippen LogP contribution in [0.1, 0.15) is 60.5 Å². The fourth-order valence-corrected chi connectivity index (χ4v) is 4.13. The molecule has 0 aliphatic carbocycles. The van der Waals surface area contributed by atoms with Crippen molar-refractivity contribution in [2.75, 3.05) is 6.61 Å². The molecule has 0 saturated carbocycles. The number of rotatable bonds is 11. The molecule has 0 radical (unpaired) electrons. The van der Waals surface area contributed by atoms with E-state index < -0.39 is 11.4 Å². The number of hydroxylamine groups is 1. The van der Waals surface area contributed by atoms with E-state index in [9.17, 15) is 14.4 Å². The van der Waals surface area contributed by atoms with E-state index in [1.165, 1.54) is 0 Å². The van der Waals surface area contributed by atoms with Crippen molar-refractivity contribution in [3.63, 3.8) is 0 Å². The second kappa shape index (κ2) is 13.1. The fraction of sp³-hybridized carbons (Fsp3) is 0.276. The molecule has 1 N–H and O–H groups in total. The number of amides is 1. The lowest BCUT2D eigenvalue weighted by Crippen LogP contribution is -2.39. The lowest BCUT2D eigenvalue weighted by Gasteiger charge is -2.33. The number of hydrogen-bond acceptors (Lipinski definition) is 5. The second-order valence-electron chi connectivity index (χ2n) is 8.20. The smallest absolute Gasteiger partial charge is 0.362 e. The molecule has 0 atom stereocenters. The molecule has 6 heteroatoms. The van der Waals surface area contributed by atoms with Crippen molar-refractivity contribution >= 4 is 17.8 Å². The number of nitrogens with one attached hydrogen (secondary N) is 1. The zero-order chi connectivity index (χ0) is 24.9. The van der Waals surface area contributed by atoms with Crippen LogP contribution >= 0.6 is 0 Å². The minimum absolute atomic E-state index is 0.213. The molecular weight excluding hydrogens is 442 g/mol. The highest BCUT2D eigenvalue weighted by Gasteiger charge is 2.42. The topological polar surface area (TPSA) is 81.7 Å². The highest BCUT2D eigenvalue weighted by Crippen LogP contribution is 2.39. The van der Waals surface area contributed by atoms with Crippen LogP contribution in [0.3, 0.4) is 0 Å². The molecule has 0 heterocycles. The van der Waals surface area contributed by atoms with Gasteiger partial charge >= 0.3 is 11.9 Å². The molecule has 0 saturated heterocycles. The summed E-state index contributed by atoms with van der Waals surface area (Å²) in [5.74, 6) is -1.25. The first-order valence-corrected chi connectivity index (χ1v) is 11.9. The molecule has 182 valence electrons. The average Bonchev–Trinajstić information content (AvgIpc) is 2.91. The molecule has 6 nitrogen and oxygen atoms in total. The van der Waals surface area contributed by atoms with E-state index in [-0.39, 0.29) is 18.3 Å². The van der Waals surface area contributed by atoms with Gasteiger partial charge in [-0.25, -0.2) is 4.79 Å². The van der Waals surface area contributed by atoms with E-state index in [0.29, 0.717) is 31.4 Å². The maximum Gasteiger partial charge on any atom is 0.362 e. The van der Waals surface area contributed by atoms with Crippen LogP contribution < -0.4 is 5.48 Å². The summed E-state index contributed by atoms with van der Waals surface area (Å²) in [7, 11) is 0. The van der Waals surface area contributed by atoms with Crippen LogP contribution in [0.15, 0.2) is 91.0 Å². The number of benzene rings is 3. The number of hydrogen-bond donors (Lipinski definition) is 1. The third-order valence-electron chi connectivity index (χ3n) is 5.88. The summed E-state index contributed by atoms with van der Waals surface area (Å²) >= 11 is 0. The molecule has 0 fully saturated rings. The van der Waals surface area contributed by atoms with Crippen molar-refractivity contribution in [1.82, 2.24) is 5.48 Å². The van der Waals surface area contributed by atoms with E-state index >= 15 is 0 Å². The van der Waals surface area contributed by atoms with Gasteiger partial charge in [-0.1, -0.05) is 91.7 Å². The van der Waals surface area contributed by atoms with Crippen molar-refractivity contribution in [3.8, 4) is 0 Å². The lowest BCUT2D eigenvalue weighted by atomic mass is 9.71. The van der Waals surface area contributed by atoms with Gasteiger partial charge in [0, 0.05) is 6.42 Å². The van der Waals surface area contributed by atoms with Gasteiger partial charge in [0.2, 0.25) is 0 Å². The van der Waals surface area contributed by atoms with Crippen LogP contribution in [-0.2, 0) is 24.6 Å². The van der Waals surface area contributed by atoms with E-state index in [1.807, 2.05) is 67.6 Å². The lowest BCUT2D eigenvalue weighted by molar-refractivity contribution is -0.148. The summed E-state index contributed by atoms with van der Waals surface area (Å²) in [5, 5.41) is 0. The van der Waals surface area contributed by atoms with Crippen LogP contribution in [-0.4, -0.2) is 24.5 Å². The zero-order valence-corrected chi connectivity index (χ0v) is 19.9. The van der Waals surface area contributed by atoms with E-state index in [2.05, 4.69) is 5.48 Å². The number of carbonyl (C=O) groups excluding carboxylic acids is 3. The average molecular weight is 474 g/mol. The van der Waals surface area contributed by atoms with Crippen LogP contribution in [0.25, 0.3) is 0 Å². The van der Waals surface area contributed by atoms with Gasteiger partial charge in [0.15, 0.2) is 0 Å². The van der Waals surface area contributed by atoms with Crippen LogP contribution in [0.5, 0.6) is 0 Å². The standard InChI is InChI=1S/C29H31NO5/c1-2-34-28(33)29(24-17-9-4-10-18-24,25-19-11-5-12-20-25)22-14-6-13-21-26(31)30-35-27(32)23-15-7-3-8-16-23/h3-5,7-12,15-20H,2,6,13-14,21-22H2,1H3,(H,30,31). The molecule has 0 bridgehead atoms. The Morgan fingerprint density at radius 3 is 1.83 bits per heavy atom. The minimum Gasteiger partial charge on any atom is -0.465 e.